The first-order valence-corrected chi connectivity index (χ1v) is 9.17. The highest BCUT2D eigenvalue weighted by molar-refractivity contribution is 5.97. The van der Waals surface area contributed by atoms with Gasteiger partial charge in [-0.05, 0) is 35.6 Å². The van der Waals surface area contributed by atoms with Gasteiger partial charge in [0.15, 0.2) is 0 Å². The first-order chi connectivity index (χ1) is 12.5. The van der Waals surface area contributed by atoms with Crippen LogP contribution < -0.4 is 5.32 Å². The van der Waals surface area contributed by atoms with Gasteiger partial charge in [0, 0.05) is 25.2 Å². The number of hydrogen-bond donors (Lipinski definition) is 1. The third kappa shape index (κ3) is 3.96. The lowest BCUT2D eigenvalue weighted by Crippen LogP contribution is -2.28. The summed E-state index contributed by atoms with van der Waals surface area (Å²) in [5.74, 6) is 0.00489. The Balaban J connectivity index is 1.67. The van der Waals surface area contributed by atoms with Gasteiger partial charge in [0.05, 0.1) is 5.92 Å². The van der Waals surface area contributed by atoms with E-state index < -0.39 is 0 Å². The molecule has 0 spiro atoms. The van der Waals surface area contributed by atoms with Gasteiger partial charge in [0.25, 0.3) is 0 Å². The molecule has 2 aromatic carbocycles. The van der Waals surface area contributed by atoms with Crippen LogP contribution in [-0.4, -0.2) is 23.3 Å². The fourth-order valence-corrected chi connectivity index (χ4v) is 3.44. The number of anilines is 1. The average Bonchev–Trinajstić information content (AvgIpc) is 2.98. The molecule has 26 heavy (non-hydrogen) atoms. The van der Waals surface area contributed by atoms with Gasteiger partial charge in [-0.1, -0.05) is 56.3 Å². The van der Waals surface area contributed by atoms with Crippen LogP contribution in [0.2, 0.25) is 0 Å². The average molecular weight is 350 g/mol. The quantitative estimate of drug-likeness (QED) is 0.882. The number of nitrogens with zero attached hydrogens (tertiary/aromatic N) is 1. The van der Waals surface area contributed by atoms with E-state index >= 15 is 0 Å². The minimum atomic E-state index is -0.299. The lowest BCUT2D eigenvalue weighted by atomic mass is 10.0. The van der Waals surface area contributed by atoms with Crippen molar-refractivity contribution in [2.75, 3.05) is 11.9 Å². The van der Waals surface area contributed by atoms with Gasteiger partial charge in [0.1, 0.15) is 0 Å². The summed E-state index contributed by atoms with van der Waals surface area (Å²) < 4.78 is 0. The van der Waals surface area contributed by atoms with Crippen molar-refractivity contribution in [3.8, 4) is 0 Å². The van der Waals surface area contributed by atoms with E-state index in [4.69, 9.17) is 0 Å². The molecule has 3 rings (SSSR count). The molecule has 1 N–H and O–H groups in total. The Hall–Kier alpha value is -2.62. The van der Waals surface area contributed by atoms with E-state index in [1.165, 1.54) is 5.56 Å². The Bertz CT molecular complexity index is 813. The van der Waals surface area contributed by atoms with Gasteiger partial charge in [-0.25, -0.2) is 0 Å². The normalized spacial score (nSPS) is 17.0. The van der Waals surface area contributed by atoms with Crippen LogP contribution in [0.4, 0.5) is 5.69 Å². The number of carbonyl (C=O) groups excluding carboxylic acids is 2. The first kappa shape index (κ1) is 18.2. The van der Waals surface area contributed by atoms with Gasteiger partial charge >= 0.3 is 0 Å². The summed E-state index contributed by atoms with van der Waals surface area (Å²) in [5.41, 5.74) is 4.25. The minimum absolute atomic E-state index is 0.0468. The molecule has 0 aliphatic carbocycles. The largest absolute Gasteiger partial charge is 0.338 e. The van der Waals surface area contributed by atoms with Crippen molar-refractivity contribution in [2.24, 2.45) is 5.92 Å². The summed E-state index contributed by atoms with van der Waals surface area (Å²) in [5, 5.41) is 3.03. The molecule has 4 heteroatoms. The van der Waals surface area contributed by atoms with Crippen molar-refractivity contribution in [3.05, 3.63) is 65.2 Å². The number of rotatable bonds is 5. The molecule has 0 radical (unpaired) electrons. The predicted octanol–water partition coefficient (Wildman–Crippen LogP) is 4.11. The fraction of sp³-hybridized carbons (Fsp3) is 0.364. The van der Waals surface area contributed by atoms with Crippen LogP contribution in [0.3, 0.4) is 0 Å². The number of benzene rings is 2. The summed E-state index contributed by atoms with van der Waals surface area (Å²) >= 11 is 0. The number of likely N-dealkylation sites (tertiary alicyclic amines) is 1. The van der Waals surface area contributed by atoms with E-state index in [0.29, 0.717) is 19.0 Å². The lowest BCUT2D eigenvalue weighted by molar-refractivity contribution is -0.128. The molecular formula is C22H26N2O2. The topological polar surface area (TPSA) is 49.4 Å². The lowest BCUT2D eigenvalue weighted by Gasteiger charge is -2.19. The fourth-order valence-electron chi connectivity index (χ4n) is 3.44. The smallest absolute Gasteiger partial charge is 0.229 e. The highest BCUT2D eigenvalue weighted by Gasteiger charge is 2.34. The zero-order valence-corrected chi connectivity index (χ0v) is 15.7. The van der Waals surface area contributed by atoms with Crippen LogP contribution in [0.1, 0.15) is 42.9 Å². The van der Waals surface area contributed by atoms with Gasteiger partial charge in [-0.3, -0.25) is 9.59 Å². The van der Waals surface area contributed by atoms with Crippen molar-refractivity contribution in [1.82, 2.24) is 4.90 Å². The van der Waals surface area contributed by atoms with E-state index in [1.54, 1.807) is 4.90 Å². The maximum atomic E-state index is 12.7. The SMILES string of the molecule is Cc1ccccc1CN1CC(C(=O)Nc2ccccc2C(C)C)CC1=O. The van der Waals surface area contributed by atoms with E-state index in [2.05, 4.69) is 19.2 Å². The number of aryl methyl sites for hydroxylation is 1. The van der Waals surface area contributed by atoms with E-state index in [9.17, 15) is 9.59 Å². The molecule has 1 saturated heterocycles. The van der Waals surface area contributed by atoms with Crippen LogP contribution in [0, 0.1) is 12.8 Å². The summed E-state index contributed by atoms with van der Waals surface area (Å²) in [4.78, 5) is 26.9. The molecule has 0 aromatic heterocycles. The van der Waals surface area contributed by atoms with Gasteiger partial charge < -0.3 is 10.2 Å². The van der Waals surface area contributed by atoms with Crippen LogP contribution in [0.5, 0.6) is 0 Å². The molecular weight excluding hydrogens is 324 g/mol. The third-order valence-corrected chi connectivity index (χ3v) is 5.05. The van der Waals surface area contributed by atoms with Crippen LogP contribution in [-0.2, 0) is 16.1 Å². The summed E-state index contributed by atoms with van der Waals surface area (Å²) in [6, 6.07) is 15.9. The zero-order valence-electron chi connectivity index (χ0n) is 15.7. The maximum Gasteiger partial charge on any atom is 0.229 e. The zero-order chi connectivity index (χ0) is 18.7. The standard InChI is InChI=1S/C22H26N2O2/c1-15(2)19-10-6-7-11-20(19)23-22(26)18-12-21(25)24(14-18)13-17-9-5-4-8-16(17)3/h4-11,15,18H,12-14H2,1-3H3,(H,23,26). The number of amides is 2. The van der Waals surface area contributed by atoms with Gasteiger partial charge in [0.2, 0.25) is 11.8 Å². The molecule has 4 nitrogen and oxygen atoms in total. The molecule has 2 amide bonds. The Labute approximate surface area is 155 Å². The van der Waals surface area contributed by atoms with E-state index in [1.807, 2.05) is 55.5 Å². The van der Waals surface area contributed by atoms with E-state index in [-0.39, 0.29) is 24.2 Å². The number of para-hydroxylation sites is 1. The van der Waals surface area contributed by atoms with Crippen molar-refractivity contribution >= 4 is 17.5 Å². The molecule has 0 bridgehead atoms. The molecule has 1 aliphatic rings. The second-order valence-corrected chi connectivity index (χ2v) is 7.33. The molecule has 1 fully saturated rings. The van der Waals surface area contributed by atoms with Crippen LogP contribution in [0.25, 0.3) is 0 Å². The number of carbonyl (C=O) groups is 2. The molecule has 2 aromatic rings. The monoisotopic (exact) mass is 350 g/mol. The number of nitrogens with one attached hydrogen (secondary N) is 1. The minimum Gasteiger partial charge on any atom is -0.338 e. The Morgan fingerprint density at radius 1 is 1.15 bits per heavy atom. The van der Waals surface area contributed by atoms with E-state index in [0.717, 1.165) is 16.8 Å². The molecule has 1 unspecified atom stereocenters. The van der Waals surface area contributed by atoms with Crippen molar-refractivity contribution in [2.45, 2.75) is 39.7 Å². The van der Waals surface area contributed by atoms with Crippen LogP contribution >= 0.6 is 0 Å². The van der Waals surface area contributed by atoms with Crippen LogP contribution in [0.15, 0.2) is 48.5 Å². The highest BCUT2D eigenvalue weighted by Crippen LogP contribution is 2.26. The second-order valence-electron chi connectivity index (χ2n) is 7.33. The number of hydrogen-bond acceptors (Lipinski definition) is 2. The summed E-state index contributed by atoms with van der Waals surface area (Å²) in [7, 11) is 0. The van der Waals surface area contributed by atoms with Gasteiger partial charge in [-0.2, -0.15) is 0 Å². The Kier molecular flexibility index (Phi) is 5.40. The molecule has 1 atom stereocenters. The summed E-state index contributed by atoms with van der Waals surface area (Å²) in [6.45, 7) is 7.30. The van der Waals surface area contributed by atoms with Crippen molar-refractivity contribution in [1.29, 1.82) is 0 Å². The second kappa shape index (κ2) is 7.73. The highest BCUT2D eigenvalue weighted by atomic mass is 16.2. The third-order valence-electron chi connectivity index (χ3n) is 5.05. The predicted molar refractivity (Wildman–Crippen MR) is 104 cm³/mol. The van der Waals surface area contributed by atoms with Gasteiger partial charge in [-0.15, -0.1) is 0 Å². The summed E-state index contributed by atoms with van der Waals surface area (Å²) in [6.07, 6.45) is 0.279. The molecule has 0 saturated carbocycles. The molecule has 1 aliphatic heterocycles. The van der Waals surface area contributed by atoms with Crippen molar-refractivity contribution in [3.63, 3.8) is 0 Å². The molecule has 1 heterocycles. The van der Waals surface area contributed by atoms with Crippen molar-refractivity contribution < 1.29 is 9.59 Å². The molecule has 136 valence electrons. The Morgan fingerprint density at radius 2 is 1.85 bits per heavy atom. The Morgan fingerprint density at radius 3 is 2.58 bits per heavy atom. The first-order valence-electron chi connectivity index (χ1n) is 9.17. The maximum absolute atomic E-state index is 12.7.